The molecule has 0 bridgehead atoms. The quantitative estimate of drug-likeness (QED) is 0.697. The van der Waals surface area contributed by atoms with Crippen LogP contribution >= 0.6 is 0 Å². The van der Waals surface area contributed by atoms with Crippen LogP contribution in [0, 0.1) is 5.92 Å². The molecule has 1 heterocycles. The van der Waals surface area contributed by atoms with E-state index in [1.807, 2.05) is 0 Å². The van der Waals surface area contributed by atoms with Gasteiger partial charge in [0.05, 0.1) is 6.10 Å². The van der Waals surface area contributed by atoms with Crippen LogP contribution in [0.2, 0.25) is 0 Å². The number of amides is 2. The molecule has 2 aliphatic rings. The van der Waals surface area contributed by atoms with Gasteiger partial charge >= 0.3 is 11.8 Å². The lowest BCUT2D eigenvalue weighted by Gasteiger charge is -2.32. The highest BCUT2D eigenvalue weighted by Gasteiger charge is 2.31. The van der Waals surface area contributed by atoms with Crippen LogP contribution in [0.5, 0.6) is 0 Å². The molecule has 0 aromatic heterocycles. The Hall–Kier alpha value is -1.10. The van der Waals surface area contributed by atoms with Gasteiger partial charge in [0.15, 0.2) is 0 Å². The van der Waals surface area contributed by atoms with Crippen molar-refractivity contribution in [2.75, 3.05) is 26.7 Å². The molecule has 1 aliphatic heterocycles. The summed E-state index contributed by atoms with van der Waals surface area (Å²) in [6, 6.07) is 0. The summed E-state index contributed by atoms with van der Waals surface area (Å²) in [5.41, 5.74) is 0. The van der Waals surface area contributed by atoms with Crippen LogP contribution in [0.4, 0.5) is 0 Å². The standard InChI is InChI=1S/C12H20N2O3/c1-13-7-8-14(12(17)11(13)16)6-5-9-3-2-4-10(9)15/h9-10,15H,2-8H2,1H3. The molecule has 2 fully saturated rings. The summed E-state index contributed by atoms with van der Waals surface area (Å²) >= 11 is 0. The largest absolute Gasteiger partial charge is 0.393 e. The minimum Gasteiger partial charge on any atom is -0.393 e. The van der Waals surface area contributed by atoms with Crippen molar-refractivity contribution in [2.45, 2.75) is 31.8 Å². The minimum atomic E-state index is -0.414. The van der Waals surface area contributed by atoms with E-state index in [9.17, 15) is 14.7 Å². The van der Waals surface area contributed by atoms with Gasteiger partial charge in [-0.15, -0.1) is 0 Å². The first kappa shape index (κ1) is 12.4. The van der Waals surface area contributed by atoms with Gasteiger partial charge in [-0.2, -0.15) is 0 Å². The number of piperazine rings is 1. The molecule has 2 unspecified atom stereocenters. The molecule has 1 N–H and O–H groups in total. The normalized spacial score (nSPS) is 30.2. The molecule has 0 radical (unpaired) electrons. The van der Waals surface area contributed by atoms with Gasteiger partial charge in [0, 0.05) is 26.7 Å². The summed E-state index contributed by atoms with van der Waals surface area (Å²) in [4.78, 5) is 26.3. The molecule has 17 heavy (non-hydrogen) atoms. The van der Waals surface area contributed by atoms with Gasteiger partial charge in [0.1, 0.15) is 0 Å². The zero-order valence-corrected chi connectivity index (χ0v) is 10.3. The van der Waals surface area contributed by atoms with Crippen LogP contribution in [0.25, 0.3) is 0 Å². The van der Waals surface area contributed by atoms with Crippen molar-refractivity contribution in [3.8, 4) is 0 Å². The van der Waals surface area contributed by atoms with Crippen molar-refractivity contribution in [2.24, 2.45) is 5.92 Å². The number of carbonyl (C=O) groups excluding carboxylic acids is 2. The maximum absolute atomic E-state index is 11.7. The van der Waals surface area contributed by atoms with Gasteiger partial charge in [-0.1, -0.05) is 6.42 Å². The number of carbonyl (C=O) groups is 2. The number of likely N-dealkylation sites (N-methyl/N-ethyl adjacent to an activating group) is 1. The van der Waals surface area contributed by atoms with Crippen molar-refractivity contribution in [1.29, 1.82) is 0 Å². The number of aliphatic hydroxyl groups is 1. The highest BCUT2D eigenvalue weighted by Crippen LogP contribution is 2.28. The predicted octanol–water partition coefficient (Wildman–Crippen LogP) is -0.162. The summed E-state index contributed by atoms with van der Waals surface area (Å²) in [6.07, 6.45) is 3.58. The molecular formula is C12H20N2O3. The van der Waals surface area contributed by atoms with Crippen molar-refractivity contribution in [3.05, 3.63) is 0 Å². The third kappa shape index (κ3) is 2.60. The third-order valence-electron chi connectivity index (χ3n) is 3.91. The number of rotatable bonds is 3. The Morgan fingerprint density at radius 1 is 1.24 bits per heavy atom. The second-order valence-corrected chi connectivity index (χ2v) is 5.07. The van der Waals surface area contributed by atoms with Gasteiger partial charge in [0.25, 0.3) is 0 Å². The average molecular weight is 240 g/mol. The molecule has 96 valence electrons. The predicted molar refractivity (Wildman–Crippen MR) is 62.2 cm³/mol. The highest BCUT2D eigenvalue weighted by atomic mass is 16.3. The lowest BCUT2D eigenvalue weighted by molar-refractivity contribution is -0.155. The van der Waals surface area contributed by atoms with Gasteiger partial charge in [0.2, 0.25) is 0 Å². The molecule has 1 saturated heterocycles. The molecule has 5 heteroatoms. The molecule has 2 atom stereocenters. The molecular weight excluding hydrogens is 220 g/mol. The Morgan fingerprint density at radius 3 is 2.65 bits per heavy atom. The van der Waals surface area contributed by atoms with Crippen LogP contribution in [-0.4, -0.2) is 59.5 Å². The Labute approximate surface area is 101 Å². The SMILES string of the molecule is CN1CCN(CCC2CCCC2O)C(=O)C1=O. The molecule has 1 saturated carbocycles. The van der Waals surface area contributed by atoms with Gasteiger partial charge in [-0.25, -0.2) is 0 Å². The van der Waals surface area contributed by atoms with E-state index in [4.69, 9.17) is 0 Å². The number of hydrogen-bond donors (Lipinski definition) is 1. The van der Waals surface area contributed by atoms with E-state index >= 15 is 0 Å². The monoisotopic (exact) mass is 240 g/mol. The molecule has 1 aliphatic carbocycles. The topological polar surface area (TPSA) is 60.9 Å². The van der Waals surface area contributed by atoms with E-state index in [1.165, 1.54) is 4.90 Å². The van der Waals surface area contributed by atoms with Crippen LogP contribution in [0.1, 0.15) is 25.7 Å². The number of hydrogen-bond acceptors (Lipinski definition) is 3. The molecule has 0 spiro atoms. The molecule has 2 rings (SSSR count). The average Bonchev–Trinajstić information content (AvgIpc) is 2.71. The van der Waals surface area contributed by atoms with E-state index in [-0.39, 0.29) is 6.10 Å². The fraction of sp³-hybridized carbons (Fsp3) is 0.833. The summed E-state index contributed by atoms with van der Waals surface area (Å²) in [6.45, 7) is 1.82. The van der Waals surface area contributed by atoms with Gasteiger partial charge < -0.3 is 14.9 Å². The zero-order valence-electron chi connectivity index (χ0n) is 10.3. The van der Waals surface area contributed by atoms with Crippen LogP contribution in [0.3, 0.4) is 0 Å². The lowest BCUT2D eigenvalue weighted by Crippen LogP contribution is -2.53. The smallest absolute Gasteiger partial charge is 0.312 e. The van der Waals surface area contributed by atoms with E-state index in [1.54, 1.807) is 11.9 Å². The van der Waals surface area contributed by atoms with Crippen molar-refractivity contribution < 1.29 is 14.7 Å². The molecule has 2 amide bonds. The fourth-order valence-corrected chi connectivity index (χ4v) is 2.66. The maximum Gasteiger partial charge on any atom is 0.312 e. The Balaban J connectivity index is 1.83. The summed E-state index contributed by atoms with van der Waals surface area (Å²) in [7, 11) is 1.65. The molecule has 0 aromatic carbocycles. The van der Waals surface area contributed by atoms with E-state index < -0.39 is 11.8 Å². The van der Waals surface area contributed by atoms with Crippen LogP contribution in [-0.2, 0) is 9.59 Å². The Morgan fingerprint density at radius 2 is 2.00 bits per heavy atom. The summed E-state index contributed by atoms with van der Waals surface area (Å²) < 4.78 is 0. The molecule has 0 aromatic rings. The lowest BCUT2D eigenvalue weighted by atomic mass is 10.0. The zero-order chi connectivity index (χ0) is 12.4. The molecule has 5 nitrogen and oxygen atoms in total. The summed E-state index contributed by atoms with van der Waals surface area (Å²) in [5, 5.41) is 9.70. The van der Waals surface area contributed by atoms with Crippen molar-refractivity contribution in [1.82, 2.24) is 9.80 Å². The Kier molecular flexibility index (Phi) is 3.66. The van der Waals surface area contributed by atoms with Crippen molar-refractivity contribution >= 4 is 11.8 Å². The van der Waals surface area contributed by atoms with Gasteiger partial charge in [-0.3, -0.25) is 9.59 Å². The summed E-state index contributed by atoms with van der Waals surface area (Å²) in [5.74, 6) is -0.507. The third-order valence-corrected chi connectivity index (χ3v) is 3.91. The highest BCUT2D eigenvalue weighted by molar-refractivity contribution is 6.35. The first-order valence-electron chi connectivity index (χ1n) is 6.32. The minimum absolute atomic E-state index is 0.215. The Bertz CT molecular complexity index is 319. The van der Waals surface area contributed by atoms with Gasteiger partial charge in [-0.05, 0) is 25.2 Å². The van der Waals surface area contributed by atoms with Crippen LogP contribution < -0.4 is 0 Å². The number of nitrogens with zero attached hydrogens (tertiary/aromatic N) is 2. The van der Waals surface area contributed by atoms with E-state index in [0.29, 0.717) is 25.6 Å². The first-order valence-corrected chi connectivity index (χ1v) is 6.32. The first-order chi connectivity index (χ1) is 8.09. The maximum atomic E-state index is 11.7. The number of aliphatic hydroxyl groups excluding tert-OH is 1. The van der Waals surface area contributed by atoms with Crippen molar-refractivity contribution in [3.63, 3.8) is 0 Å². The van der Waals surface area contributed by atoms with E-state index in [0.717, 1.165) is 25.7 Å². The second-order valence-electron chi connectivity index (χ2n) is 5.07. The van der Waals surface area contributed by atoms with Crippen LogP contribution in [0.15, 0.2) is 0 Å². The second kappa shape index (κ2) is 5.04. The fourth-order valence-electron chi connectivity index (χ4n) is 2.66. The van der Waals surface area contributed by atoms with E-state index in [2.05, 4.69) is 0 Å².